The zero-order chi connectivity index (χ0) is 27.2. The first kappa shape index (κ1) is 25.9. The number of aromatic nitrogens is 2. The third-order valence-electron chi connectivity index (χ3n) is 7.66. The van der Waals surface area contributed by atoms with E-state index >= 15 is 0 Å². The van der Waals surface area contributed by atoms with E-state index in [1.165, 1.54) is 4.57 Å². The highest BCUT2D eigenvalue weighted by molar-refractivity contribution is 5.89. The predicted octanol–water partition coefficient (Wildman–Crippen LogP) is -0.191. The summed E-state index contributed by atoms with van der Waals surface area (Å²) in [5, 5.41) is 2.67. The van der Waals surface area contributed by atoms with Crippen LogP contribution in [0.15, 0.2) is 41.3 Å². The molecule has 1 saturated carbocycles. The molecule has 0 bridgehead atoms. The molecule has 12 nitrogen and oxygen atoms in total. The van der Waals surface area contributed by atoms with E-state index in [4.69, 9.17) is 11.5 Å². The predicted molar refractivity (Wildman–Crippen MR) is 140 cm³/mol. The van der Waals surface area contributed by atoms with Crippen LogP contribution in [0.2, 0.25) is 0 Å². The fourth-order valence-corrected chi connectivity index (χ4v) is 5.56. The van der Waals surface area contributed by atoms with Gasteiger partial charge in [0.05, 0.1) is 11.2 Å². The first-order valence-electron chi connectivity index (χ1n) is 12.9. The number of urea groups is 1. The van der Waals surface area contributed by atoms with E-state index in [9.17, 15) is 19.2 Å². The SMILES string of the molecule is CC(C)(N)C(=O)N1CCN(C(=O)Nc2ccn(-c3ccc(CN4C[C@@H]5C(C(N)=O)[C@@H]5C4)cc3)c(=O)n2)CC1. The van der Waals surface area contributed by atoms with Crippen LogP contribution in [0.4, 0.5) is 10.6 Å². The smallest absolute Gasteiger partial charge is 0.354 e. The highest BCUT2D eigenvalue weighted by atomic mass is 16.2. The molecule has 1 unspecified atom stereocenters. The number of likely N-dealkylation sites (tertiary alicyclic amines) is 1. The molecule has 12 heteroatoms. The number of rotatable bonds is 6. The summed E-state index contributed by atoms with van der Waals surface area (Å²) in [6, 6.07) is 8.88. The number of nitrogens with zero attached hydrogens (tertiary/aromatic N) is 5. The van der Waals surface area contributed by atoms with Crippen molar-refractivity contribution >= 4 is 23.7 Å². The zero-order valence-corrected chi connectivity index (χ0v) is 21.7. The van der Waals surface area contributed by atoms with Crippen LogP contribution in [0.25, 0.3) is 5.69 Å². The second kappa shape index (κ2) is 9.84. The summed E-state index contributed by atoms with van der Waals surface area (Å²) in [6.07, 6.45) is 1.58. The Bertz CT molecular complexity index is 1280. The average molecular weight is 523 g/mol. The lowest BCUT2D eigenvalue weighted by Crippen LogP contribution is -2.58. The van der Waals surface area contributed by atoms with Gasteiger partial charge >= 0.3 is 11.7 Å². The van der Waals surface area contributed by atoms with Gasteiger partial charge in [0.15, 0.2) is 0 Å². The van der Waals surface area contributed by atoms with Crippen molar-refractivity contribution in [3.63, 3.8) is 0 Å². The van der Waals surface area contributed by atoms with Gasteiger partial charge in [-0.25, -0.2) is 9.59 Å². The van der Waals surface area contributed by atoms with Gasteiger partial charge in [-0.2, -0.15) is 4.98 Å². The molecule has 1 aromatic carbocycles. The molecule has 3 fully saturated rings. The third-order valence-corrected chi connectivity index (χ3v) is 7.66. The van der Waals surface area contributed by atoms with Crippen LogP contribution < -0.4 is 22.5 Å². The molecule has 2 saturated heterocycles. The summed E-state index contributed by atoms with van der Waals surface area (Å²) in [5.41, 5.74) is 11.7. The minimum Gasteiger partial charge on any atom is -0.369 e. The van der Waals surface area contributed by atoms with Crippen LogP contribution in [0.3, 0.4) is 0 Å². The number of piperazine rings is 1. The normalized spacial score (nSPS) is 23.2. The van der Waals surface area contributed by atoms with Gasteiger partial charge in [-0.1, -0.05) is 12.1 Å². The van der Waals surface area contributed by atoms with Gasteiger partial charge in [0.2, 0.25) is 11.8 Å². The van der Waals surface area contributed by atoms with Gasteiger partial charge in [-0.3, -0.25) is 24.4 Å². The third kappa shape index (κ3) is 5.27. The van der Waals surface area contributed by atoms with Gasteiger partial charge in [0.25, 0.3) is 0 Å². The lowest BCUT2D eigenvalue weighted by molar-refractivity contribution is -0.137. The van der Waals surface area contributed by atoms with Crippen molar-refractivity contribution in [1.29, 1.82) is 0 Å². The van der Waals surface area contributed by atoms with Crippen LogP contribution in [-0.2, 0) is 16.1 Å². The summed E-state index contributed by atoms with van der Waals surface area (Å²) >= 11 is 0. The molecular weight excluding hydrogens is 488 g/mol. The fourth-order valence-electron chi connectivity index (χ4n) is 5.56. The molecule has 0 spiro atoms. The zero-order valence-electron chi connectivity index (χ0n) is 21.7. The van der Waals surface area contributed by atoms with Crippen LogP contribution in [0.5, 0.6) is 0 Å². The van der Waals surface area contributed by atoms with Crippen LogP contribution in [0.1, 0.15) is 19.4 Å². The number of hydrogen-bond acceptors (Lipinski definition) is 7. The number of nitrogens with one attached hydrogen (secondary N) is 1. The maximum atomic E-state index is 12.7. The van der Waals surface area contributed by atoms with E-state index in [1.807, 2.05) is 24.3 Å². The van der Waals surface area contributed by atoms with Crippen molar-refractivity contribution in [3.05, 3.63) is 52.6 Å². The Balaban J connectivity index is 1.14. The molecule has 38 heavy (non-hydrogen) atoms. The Morgan fingerprint density at radius 2 is 1.61 bits per heavy atom. The fraction of sp³-hybridized carbons (Fsp3) is 0.500. The lowest BCUT2D eigenvalue weighted by Gasteiger charge is -2.37. The van der Waals surface area contributed by atoms with Gasteiger partial charge < -0.3 is 21.3 Å². The van der Waals surface area contributed by atoms with Crippen molar-refractivity contribution in [2.45, 2.75) is 25.9 Å². The Morgan fingerprint density at radius 1 is 1.00 bits per heavy atom. The minimum absolute atomic E-state index is 0.0469. The molecule has 5 N–H and O–H groups in total. The quantitative estimate of drug-likeness (QED) is 0.474. The summed E-state index contributed by atoms with van der Waals surface area (Å²) in [5.74, 6) is 0.668. The van der Waals surface area contributed by atoms with E-state index in [2.05, 4.69) is 15.2 Å². The van der Waals surface area contributed by atoms with Gasteiger partial charge in [-0.15, -0.1) is 0 Å². The molecule has 1 aromatic heterocycles. The van der Waals surface area contributed by atoms with Gasteiger partial charge in [-0.05, 0) is 49.4 Å². The number of benzene rings is 1. The summed E-state index contributed by atoms with van der Waals surface area (Å²) in [7, 11) is 0. The number of nitrogens with two attached hydrogens (primary N) is 2. The summed E-state index contributed by atoms with van der Waals surface area (Å²) in [6.45, 7) is 7.39. The van der Waals surface area contributed by atoms with Crippen LogP contribution in [-0.4, -0.2) is 86.9 Å². The number of carbonyl (C=O) groups excluding carboxylic acids is 3. The highest BCUT2D eigenvalue weighted by Gasteiger charge is 2.58. The Kier molecular flexibility index (Phi) is 6.70. The van der Waals surface area contributed by atoms with Crippen molar-refractivity contribution in [1.82, 2.24) is 24.3 Å². The standard InChI is InChI=1S/C26H34N8O4/c1-26(2,28)23(36)32-9-11-33(12-10-32)24(37)29-20-7-8-34(25(38)30-20)17-5-3-16(4-6-17)13-31-14-18-19(15-31)21(18)22(27)35/h3-8,18-19,21H,9-15,28H2,1-2H3,(H2,27,35)(H,29,30,37,38)/t18-,19+,21?. The van der Waals surface area contributed by atoms with Crippen molar-refractivity contribution in [3.8, 4) is 5.69 Å². The largest absolute Gasteiger partial charge is 0.369 e. The summed E-state index contributed by atoms with van der Waals surface area (Å²) in [4.78, 5) is 58.6. The number of fused-ring (bicyclic) bond motifs is 1. The highest BCUT2D eigenvalue weighted by Crippen LogP contribution is 2.51. The molecule has 3 aliphatic rings. The van der Waals surface area contributed by atoms with Gasteiger partial charge in [0.1, 0.15) is 5.82 Å². The van der Waals surface area contributed by atoms with E-state index in [-0.39, 0.29) is 29.6 Å². The average Bonchev–Trinajstić information content (AvgIpc) is 3.40. The first-order chi connectivity index (χ1) is 18.0. The van der Waals surface area contributed by atoms with E-state index in [0.717, 1.165) is 25.2 Å². The molecule has 4 amide bonds. The monoisotopic (exact) mass is 522 g/mol. The molecule has 3 heterocycles. The van der Waals surface area contributed by atoms with Crippen LogP contribution >= 0.6 is 0 Å². The number of carbonyl (C=O) groups is 3. The number of primary amides is 1. The number of anilines is 1. The lowest BCUT2D eigenvalue weighted by atomic mass is 10.1. The summed E-state index contributed by atoms with van der Waals surface area (Å²) < 4.78 is 1.42. The number of amides is 4. The van der Waals surface area contributed by atoms with Gasteiger partial charge in [0, 0.05) is 57.9 Å². The second-order valence-electron chi connectivity index (χ2n) is 11.0. The van der Waals surface area contributed by atoms with E-state index in [0.29, 0.717) is 43.7 Å². The topological polar surface area (TPSA) is 160 Å². The Hall–Kier alpha value is -3.77. The molecule has 5 rings (SSSR count). The molecule has 202 valence electrons. The maximum absolute atomic E-state index is 12.7. The maximum Gasteiger partial charge on any atom is 0.354 e. The molecule has 1 aliphatic carbocycles. The van der Waals surface area contributed by atoms with Crippen molar-refractivity contribution < 1.29 is 14.4 Å². The molecule has 2 aromatic rings. The Labute approximate surface area is 220 Å². The number of piperidine rings is 1. The molecular formula is C26H34N8O4. The van der Waals surface area contributed by atoms with Crippen LogP contribution in [0, 0.1) is 17.8 Å². The molecule has 2 aliphatic heterocycles. The second-order valence-corrected chi connectivity index (χ2v) is 11.0. The number of hydrogen-bond donors (Lipinski definition) is 3. The minimum atomic E-state index is -0.954. The van der Waals surface area contributed by atoms with Crippen molar-refractivity contribution in [2.24, 2.45) is 29.2 Å². The van der Waals surface area contributed by atoms with Crippen molar-refractivity contribution in [2.75, 3.05) is 44.6 Å². The molecule has 0 radical (unpaired) electrons. The first-order valence-corrected chi connectivity index (χ1v) is 12.9. The Morgan fingerprint density at radius 3 is 2.16 bits per heavy atom. The van der Waals surface area contributed by atoms with E-state index in [1.54, 1.807) is 35.9 Å². The molecule has 3 atom stereocenters. The van der Waals surface area contributed by atoms with E-state index < -0.39 is 11.2 Å².